The van der Waals surface area contributed by atoms with Gasteiger partial charge in [0.05, 0.1) is 18.2 Å². The molecule has 33 heavy (non-hydrogen) atoms. The first-order chi connectivity index (χ1) is 15.8. The van der Waals surface area contributed by atoms with Crippen LogP contribution in [0.1, 0.15) is 18.4 Å². The summed E-state index contributed by atoms with van der Waals surface area (Å²) in [7, 11) is -3.82. The van der Waals surface area contributed by atoms with Crippen molar-refractivity contribution < 1.29 is 18.3 Å². The number of nitrogens with two attached hydrogens (primary N) is 1. The Labute approximate surface area is 193 Å². The summed E-state index contributed by atoms with van der Waals surface area (Å²) >= 11 is 0. The monoisotopic (exact) mass is 468 g/mol. The lowest BCUT2D eigenvalue weighted by molar-refractivity contribution is -0.123. The fourth-order valence-corrected chi connectivity index (χ4v) is 5.56. The maximum Gasteiger partial charge on any atom is 0.260 e. The van der Waals surface area contributed by atoms with Crippen molar-refractivity contribution in [2.75, 3.05) is 13.1 Å². The fraction of sp³-hybridized carbons (Fsp3) is 0.333. The van der Waals surface area contributed by atoms with Crippen molar-refractivity contribution in [3.63, 3.8) is 0 Å². The second-order valence-electron chi connectivity index (χ2n) is 8.35. The van der Waals surface area contributed by atoms with Crippen LogP contribution >= 0.6 is 0 Å². The Hall–Kier alpha value is -2.85. The van der Waals surface area contributed by atoms with Crippen LogP contribution < -0.4 is 11.1 Å². The van der Waals surface area contributed by atoms with Gasteiger partial charge in [0.1, 0.15) is 0 Å². The summed E-state index contributed by atoms with van der Waals surface area (Å²) in [5.74, 6) is -0.367. The Morgan fingerprint density at radius 1 is 1.15 bits per heavy atom. The van der Waals surface area contributed by atoms with E-state index in [0.29, 0.717) is 19.3 Å². The number of aliphatic hydroxyl groups excluding tert-OH is 1. The minimum absolute atomic E-state index is 0.0582. The molecule has 0 bridgehead atoms. The molecule has 1 saturated heterocycles. The fourth-order valence-electron chi connectivity index (χ4n) is 4.13. The number of carbonyl (C=O) groups is 1. The summed E-state index contributed by atoms with van der Waals surface area (Å²) in [6, 6.07) is 17.3. The Balaban J connectivity index is 1.38. The number of sulfonamides is 1. The number of aromatic nitrogens is 1. The molecule has 3 atom stereocenters. The summed E-state index contributed by atoms with van der Waals surface area (Å²) in [6.45, 7) is 0.120. The maximum absolute atomic E-state index is 12.9. The van der Waals surface area contributed by atoms with Crippen molar-refractivity contribution in [3.05, 3.63) is 72.4 Å². The molecule has 1 amide bonds. The van der Waals surface area contributed by atoms with E-state index in [1.165, 1.54) is 16.6 Å². The molecule has 2 aromatic carbocycles. The number of amides is 1. The molecular formula is C24H28N4O4S. The predicted octanol–water partition coefficient (Wildman–Crippen LogP) is 1.43. The second-order valence-corrected chi connectivity index (χ2v) is 10.2. The van der Waals surface area contributed by atoms with Gasteiger partial charge in [0, 0.05) is 19.3 Å². The molecule has 4 rings (SSSR count). The predicted molar refractivity (Wildman–Crippen MR) is 126 cm³/mol. The van der Waals surface area contributed by atoms with Gasteiger partial charge in [-0.25, -0.2) is 13.4 Å². The van der Waals surface area contributed by atoms with E-state index in [9.17, 15) is 18.3 Å². The summed E-state index contributed by atoms with van der Waals surface area (Å²) in [5.41, 5.74) is 7.11. The molecule has 8 nitrogen and oxygen atoms in total. The summed E-state index contributed by atoms with van der Waals surface area (Å²) < 4.78 is 27.0. The number of rotatable bonds is 6. The van der Waals surface area contributed by atoms with Gasteiger partial charge in [-0.1, -0.05) is 48.5 Å². The zero-order chi connectivity index (χ0) is 23.4. The van der Waals surface area contributed by atoms with Gasteiger partial charge < -0.3 is 16.2 Å². The van der Waals surface area contributed by atoms with Crippen LogP contribution in [0.25, 0.3) is 10.8 Å². The van der Waals surface area contributed by atoms with Crippen LogP contribution in [0.5, 0.6) is 0 Å². The third kappa shape index (κ3) is 5.39. The van der Waals surface area contributed by atoms with Crippen molar-refractivity contribution >= 4 is 26.7 Å². The number of hydrogen-bond acceptors (Lipinski definition) is 6. The molecule has 1 fully saturated rings. The van der Waals surface area contributed by atoms with Crippen LogP contribution in [0.15, 0.2) is 71.9 Å². The van der Waals surface area contributed by atoms with Crippen LogP contribution in [0.2, 0.25) is 0 Å². The van der Waals surface area contributed by atoms with Gasteiger partial charge in [-0.3, -0.25) is 4.79 Å². The molecule has 1 aliphatic heterocycles. The number of pyridine rings is 1. The Kier molecular flexibility index (Phi) is 7.04. The Bertz CT molecular complexity index is 1220. The van der Waals surface area contributed by atoms with Crippen molar-refractivity contribution in [2.45, 2.75) is 42.5 Å². The van der Waals surface area contributed by atoms with E-state index in [1.807, 2.05) is 42.5 Å². The number of nitrogens with zero attached hydrogens (tertiary/aromatic N) is 2. The highest BCUT2D eigenvalue weighted by Crippen LogP contribution is 2.20. The normalized spacial score (nSPS) is 20.8. The van der Waals surface area contributed by atoms with Gasteiger partial charge in [-0.05, 0) is 47.7 Å². The van der Waals surface area contributed by atoms with E-state index in [-0.39, 0.29) is 24.0 Å². The van der Waals surface area contributed by atoms with E-state index in [4.69, 9.17) is 5.73 Å². The molecule has 0 aliphatic carbocycles. The van der Waals surface area contributed by atoms with Crippen LogP contribution in [-0.2, 0) is 21.2 Å². The first-order valence-corrected chi connectivity index (χ1v) is 12.4. The summed E-state index contributed by atoms with van der Waals surface area (Å²) in [5, 5.41) is 15.7. The van der Waals surface area contributed by atoms with Crippen molar-refractivity contribution in [1.82, 2.24) is 14.6 Å². The number of nitrogens with one attached hydrogen (secondary N) is 1. The van der Waals surface area contributed by atoms with E-state index >= 15 is 0 Å². The van der Waals surface area contributed by atoms with Crippen LogP contribution in [0, 0.1) is 0 Å². The lowest BCUT2D eigenvalue weighted by Crippen LogP contribution is -2.52. The molecule has 9 heteroatoms. The molecular weight excluding hydrogens is 440 g/mol. The molecule has 174 valence electrons. The van der Waals surface area contributed by atoms with E-state index in [0.717, 1.165) is 16.3 Å². The molecule has 2 heterocycles. The number of β-amino-alcohol motifs (C(OH)–C–C–N with tert-alkyl or cyclic N) is 1. The van der Waals surface area contributed by atoms with Gasteiger partial charge in [0.25, 0.3) is 10.0 Å². The van der Waals surface area contributed by atoms with Crippen LogP contribution in [-0.4, -0.2) is 60.0 Å². The van der Waals surface area contributed by atoms with Crippen molar-refractivity contribution in [3.8, 4) is 0 Å². The van der Waals surface area contributed by atoms with Gasteiger partial charge in [-0.15, -0.1) is 0 Å². The number of benzene rings is 2. The van der Waals surface area contributed by atoms with Gasteiger partial charge in [-0.2, -0.15) is 4.31 Å². The highest BCUT2D eigenvalue weighted by Gasteiger charge is 2.34. The standard InChI is InChI=1S/C24H28N4O4S/c25-20(15-17-10-11-18-6-1-2-7-19(18)14-17)24(30)27-21-8-5-13-28(16-22(21)29)33(31,32)23-9-3-4-12-26-23/h1-4,6-7,9-12,14,20-22,29H,5,8,13,15-16,25H2,(H,27,30)/t20-,21?,22?/m0/s1. The minimum Gasteiger partial charge on any atom is -0.390 e. The Morgan fingerprint density at radius 3 is 2.67 bits per heavy atom. The average Bonchev–Trinajstić information content (AvgIpc) is 3.01. The number of fused-ring (bicyclic) bond motifs is 1. The van der Waals surface area contributed by atoms with Gasteiger partial charge >= 0.3 is 0 Å². The summed E-state index contributed by atoms with van der Waals surface area (Å²) in [6.07, 6.45) is 1.67. The molecule has 0 spiro atoms. The third-order valence-corrected chi connectivity index (χ3v) is 7.74. The SMILES string of the molecule is N[C@@H](Cc1ccc2ccccc2c1)C(=O)NC1CCCN(S(=O)(=O)c2ccccn2)CC1O. The smallest absolute Gasteiger partial charge is 0.260 e. The average molecular weight is 469 g/mol. The van der Waals surface area contributed by atoms with Gasteiger partial charge in [0.2, 0.25) is 5.91 Å². The zero-order valence-electron chi connectivity index (χ0n) is 18.2. The topological polar surface area (TPSA) is 126 Å². The lowest BCUT2D eigenvalue weighted by atomic mass is 10.0. The minimum atomic E-state index is -3.82. The lowest BCUT2D eigenvalue weighted by Gasteiger charge is -2.25. The first kappa shape index (κ1) is 23.3. The molecule has 3 aromatic rings. The number of aliphatic hydroxyl groups is 1. The van der Waals surface area contributed by atoms with E-state index in [1.54, 1.807) is 12.1 Å². The quantitative estimate of drug-likeness (QED) is 0.503. The molecule has 2 unspecified atom stereocenters. The Morgan fingerprint density at radius 2 is 1.91 bits per heavy atom. The highest BCUT2D eigenvalue weighted by atomic mass is 32.2. The molecule has 0 saturated carbocycles. The number of carbonyl (C=O) groups excluding carboxylic acids is 1. The molecule has 4 N–H and O–H groups in total. The van der Waals surface area contributed by atoms with Crippen molar-refractivity contribution in [1.29, 1.82) is 0 Å². The third-order valence-electron chi connectivity index (χ3n) is 5.95. The van der Waals surface area contributed by atoms with E-state index < -0.39 is 28.2 Å². The number of hydrogen-bond donors (Lipinski definition) is 3. The zero-order valence-corrected chi connectivity index (χ0v) is 19.0. The molecule has 1 aliphatic rings. The maximum atomic E-state index is 12.9. The van der Waals surface area contributed by atoms with Crippen LogP contribution in [0.4, 0.5) is 0 Å². The highest BCUT2D eigenvalue weighted by molar-refractivity contribution is 7.89. The first-order valence-electron chi connectivity index (χ1n) is 11.0. The largest absolute Gasteiger partial charge is 0.390 e. The molecule has 1 aromatic heterocycles. The summed E-state index contributed by atoms with van der Waals surface area (Å²) in [4.78, 5) is 16.7. The second kappa shape index (κ2) is 9.96. The van der Waals surface area contributed by atoms with Gasteiger partial charge in [0.15, 0.2) is 5.03 Å². The molecule has 0 radical (unpaired) electrons. The van der Waals surface area contributed by atoms with E-state index in [2.05, 4.69) is 10.3 Å². The van der Waals surface area contributed by atoms with Crippen LogP contribution in [0.3, 0.4) is 0 Å². The van der Waals surface area contributed by atoms with Crippen molar-refractivity contribution in [2.24, 2.45) is 5.73 Å².